The van der Waals surface area contributed by atoms with Gasteiger partial charge in [0.25, 0.3) is 0 Å². The number of hydrogen-bond acceptors (Lipinski definition) is 3. The third kappa shape index (κ3) is 3.21. The molecule has 0 atom stereocenters. The van der Waals surface area contributed by atoms with Crippen LogP contribution in [0.4, 0.5) is 17.1 Å². The average molecular weight is 508 g/mol. The van der Waals surface area contributed by atoms with Gasteiger partial charge in [0, 0.05) is 47.0 Å². The number of rotatable bonds is 3. The van der Waals surface area contributed by atoms with Gasteiger partial charge in [-0.05, 0) is 53.2 Å². The standard InChI is InChI=1S/C34H21NS2/c1-2-10-23(11-3-1)35(24-18-20-32-29(21-24)26-13-6-7-16-31(26)36-32)30-15-8-14-27-28-19-17-22-9-4-5-12-25(22)33(28)37-34(27)30/h1-21H. The van der Waals surface area contributed by atoms with Crippen molar-refractivity contribution in [3.63, 3.8) is 0 Å². The van der Waals surface area contributed by atoms with Gasteiger partial charge in [0.1, 0.15) is 0 Å². The molecule has 0 N–H and O–H groups in total. The summed E-state index contributed by atoms with van der Waals surface area (Å²) in [7, 11) is 0. The van der Waals surface area contributed by atoms with E-state index in [1.807, 2.05) is 22.7 Å². The van der Waals surface area contributed by atoms with Gasteiger partial charge in [-0.2, -0.15) is 0 Å². The Balaban J connectivity index is 1.43. The van der Waals surface area contributed by atoms with Crippen molar-refractivity contribution in [2.75, 3.05) is 4.90 Å². The molecule has 174 valence electrons. The van der Waals surface area contributed by atoms with Gasteiger partial charge in [0.15, 0.2) is 0 Å². The highest BCUT2D eigenvalue weighted by atomic mass is 32.1. The molecular formula is C34H21NS2. The van der Waals surface area contributed by atoms with Crippen LogP contribution in [-0.2, 0) is 0 Å². The van der Waals surface area contributed by atoms with Gasteiger partial charge in [-0.25, -0.2) is 0 Å². The van der Waals surface area contributed by atoms with E-state index < -0.39 is 0 Å². The van der Waals surface area contributed by atoms with Crippen LogP contribution < -0.4 is 4.90 Å². The van der Waals surface area contributed by atoms with Crippen LogP contribution in [0.5, 0.6) is 0 Å². The number of nitrogens with zero attached hydrogens (tertiary/aromatic N) is 1. The molecule has 0 spiro atoms. The summed E-state index contributed by atoms with van der Waals surface area (Å²) in [6.07, 6.45) is 0. The first-order valence-corrected chi connectivity index (χ1v) is 14.1. The molecule has 0 bridgehead atoms. The van der Waals surface area contributed by atoms with Crippen LogP contribution in [0.2, 0.25) is 0 Å². The Bertz CT molecular complexity index is 2100. The summed E-state index contributed by atoms with van der Waals surface area (Å²) in [5.74, 6) is 0. The molecule has 0 saturated carbocycles. The molecule has 6 aromatic carbocycles. The molecule has 0 amide bonds. The van der Waals surface area contributed by atoms with Crippen molar-refractivity contribution in [2.24, 2.45) is 0 Å². The third-order valence-corrected chi connectivity index (χ3v) is 9.67. The summed E-state index contributed by atoms with van der Waals surface area (Å²) >= 11 is 3.77. The molecular weight excluding hydrogens is 487 g/mol. The van der Waals surface area contributed by atoms with Crippen molar-refractivity contribution >= 4 is 90.9 Å². The van der Waals surface area contributed by atoms with E-state index in [9.17, 15) is 0 Å². The summed E-state index contributed by atoms with van der Waals surface area (Å²) in [4.78, 5) is 2.42. The summed E-state index contributed by atoms with van der Waals surface area (Å²) in [6, 6.07) is 46.4. The summed E-state index contributed by atoms with van der Waals surface area (Å²) in [5, 5.41) is 7.89. The maximum atomic E-state index is 2.42. The zero-order chi connectivity index (χ0) is 24.3. The second-order valence-corrected chi connectivity index (χ2v) is 11.5. The number of benzene rings is 6. The van der Waals surface area contributed by atoms with Crippen molar-refractivity contribution in [3.05, 3.63) is 127 Å². The van der Waals surface area contributed by atoms with Gasteiger partial charge in [-0.1, -0.05) is 84.9 Å². The molecule has 1 nitrogen and oxygen atoms in total. The van der Waals surface area contributed by atoms with Crippen molar-refractivity contribution in [3.8, 4) is 0 Å². The minimum absolute atomic E-state index is 1.16. The second-order valence-electron chi connectivity index (χ2n) is 9.37. The van der Waals surface area contributed by atoms with Crippen LogP contribution in [-0.4, -0.2) is 0 Å². The first-order valence-electron chi connectivity index (χ1n) is 12.4. The maximum absolute atomic E-state index is 2.42. The van der Waals surface area contributed by atoms with Gasteiger partial charge >= 0.3 is 0 Å². The highest BCUT2D eigenvalue weighted by molar-refractivity contribution is 7.27. The fourth-order valence-electron chi connectivity index (χ4n) is 5.54. The Hall–Kier alpha value is -4.18. The second kappa shape index (κ2) is 8.17. The minimum Gasteiger partial charge on any atom is -0.309 e. The minimum atomic E-state index is 1.16. The van der Waals surface area contributed by atoms with E-state index in [-0.39, 0.29) is 0 Å². The Morgan fingerprint density at radius 2 is 1.14 bits per heavy atom. The normalized spacial score (nSPS) is 11.8. The molecule has 3 heteroatoms. The fourth-order valence-corrected chi connectivity index (χ4v) is 7.97. The van der Waals surface area contributed by atoms with Crippen LogP contribution >= 0.6 is 22.7 Å². The molecule has 8 rings (SSSR count). The van der Waals surface area contributed by atoms with Gasteiger partial charge in [-0.3, -0.25) is 0 Å². The van der Waals surface area contributed by atoms with Crippen LogP contribution in [0, 0.1) is 0 Å². The lowest BCUT2D eigenvalue weighted by atomic mass is 10.1. The highest BCUT2D eigenvalue weighted by Gasteiger charge is 2.19. The molecule has 2 aromatic heterocycles. The van der Waals surface area contributed by atoms with E-state index in [0.29, 0.717) is 0 Å². The van der Waals surface area contributed by atoms with E-state index in [4.69, 9.17) is 0 Å². The SMILES string of the molecule is c1ccc(N(c2ccc3sc4ccccc4c3c2)c2cccc3c2sc2c4ccccc4ccc32)cc1. The molecule has 0 saturated heterocycles. The number of anilines is 3. The number of fused-ring (bicyclic) bond motifs is 8. The predicted octanol–water partition coefficient (Wildman–Crippen LogP) is 11.0. The molecule has 37 heavy (non-hydrogen) atoms. The molecule has 0 aliphatic heterocycles. The van der Waals surface area contributed by atoms with E-state index in [2.05, 4.69) is 132 Å². The topological polar surface area (TPSA) is 3.24 Å². The van der Waals surface area contributed by atoms with Crippen molar-refractivity contribution in [1.29, 1.82) is 0 Å². The quantitative estimate of drug-likeness (QED) is 0.230. The molecule has 0 unspecified atom stereocenters. The van der Waals surface area contributed by atoms with E-state index in [1.54, 1.807) is 0 Å². The van der Waals surface area contributed by atoms with E-state index in [1.165, 1.54) is 62.5 Å². The number of hydrogen-bond donors (Lipinski definition) is 0. The Morgan fingerprint density at radius 1 is 0.405 bits per heavy atom. The van der Waals surface area contributed by atoms with Crippen molar-refractivity contribution < 1.29 is 0 Å². The van der Waals surface area contributed by atoms with Gasteiger partial charge in [0.2, 0.25) is 0 Å². The van der Waals surface area contributed by atoms with Crippen LogP contribution in [0.15, 0.2) is 127 Å². The molecule has 8 aromatic rings. The lowest BCUT2D eigenvalue weighted by molar-refractivity contribution is 1.31. The Labute approximate surface area is 222 Å². The third-order valence-electron chi connectivity index (χ3n) is 7.24. The smallest absolute Gasteiger partial charge is 0.0640 e. The largest absolute Gasteiger partial charge is 0.309 e. The first kappa shape index (κ1) is 21.0. The summed E-state index contributed by atoms with van der Waals surface area (Å²) in [6.45, 7) is 0. The number of para-hydroxylation sites is 1. The van der Waals surface area contributed by atoms with Crippen LogP contribution in [0.1, 0.15) is 0 Å². The van der Waals surface area contributed by atoms with E-state index in [0.717, 1.165) is 5.69 Å². The molecule has 0 aliphatic rings. The van der Waals surface area contributed by atoms with Crippen molar-refractivity contribution in [1.82, 2.24) is 0 Å². The van der Waals surface area contributed by atoms with Crippen molar-refractivity contribution in [2.45, 2.75) is 0 Å². The average Bonchev–Trinajstić information content (AvgIpc) is 3.53. The number of thiophene rings is 2. The van der Waals surface area contributed by atoms with Gasteiger partial charge in [0.05, 0.1) is 10.4 Å². The molecule has 0 radical (unpaired) electrons. The summed E-state index contributed by atoms with van der Waals surface area (Å²) in [5.41, 5.74) is 3.56. The lowest BCUT2D eigenvalue weighted by Crippen LogP contribution is -2.09. The maximum Gasteiger partial charge on any atom is 0.0640 e. The van der Waals surface area contributed by atoms with Crippen LogP contribution in [0.25, 0.3) is 51.1 Å². The molecule has 0 aliphatic carbocycles. The first-order chi connectivity index (χ1) is 18.3. The highest BCUT2D eigenvalue weighted by Crippen LogP contribution is 2.47. The van der Waals surface area contributed by atoms with E-state index >= 15 is 0 Å². The predicted molar refractivity (Wildman–Crippen MR) is 164 cm³/mol. The monoisotopic (exact) mass is 507 g/mol. The molecule has 0 fully saturated rings. The summed E-state index contributed by atoms with van der Waals surface area (Å²) < 4.78 is 5.32. The lowest BCUT2D eigenvalue weighted by Gasteiger charge is -2.26. The fraction of sp³-hybridized carbons (Fsp3) is 0. The Morgan fingerprint density at radius 3 is 2.05 bits per heavy atom. The van der Waals surface area contributed by atoms with Gasteiger partial charge < -0.3 is 4.90 Å². The van der Waals surface area contributed by atoms with Crippen LogP contribution in [0.3, 0.4) is 0 Å². The zero-order valence-electron chi connectivity index (χ0n) is 19.9. The Kier molecular flexibility index (Phi) is 4.63. The molecule has 2 heterocycles. The van der Waals surface area contributed by atoms with Gasteiger partial charge in [-0.15, -0.1) is 22.7 Å². The zero-order valence-corrected chi connectivity index (χ0v) is 21.5.